The van der Waals surface area contributed by atoms with Gasteiger partial charge in [-0.3, -0.25) is 4.57 Å². The fourth-order valence-corrected chi connectivity index (χ4v) is 3.26. The van der Waals surface area contributed by atoms with E-state index in [1.165, 1.54) is 0 Å². The quantitative estimate of drug-likeness (QED) is 0.522. The first-order valence-corrected chi connectivity index (χ1v) is 7.73. The summed E-state index contributed by atoms with van der Waals surface area (Å²) in [5.41, 5.74) is 3.71. The largest absolute Gasteiger partial charge is 0.276 e. The van der Waals surface area contributed by atoms with Crippen LogP contribution in [-0.2, 0) is 5.88 Å². The Morgan fingerprint density at radius 2 is 2.05 bits per heavy atom. The second-order valence-electron chi connectivity index (χ2n) is 4.37. The van der Waals surface area contributed by atoms with Crippen molar-refractivity contribution in [3.05, 3.63) is 41.3 Å². The number of fused-ring (bicyclic) bond motifs is 2. The van der Waals surface area contributed by atoms with Crippen molar-refractivity contribution >= 4 is 57.1 Å². The lowest BCUT2D eigenvalue weighted by Crippen LogP contribution is -2.02. The Balaban J connectivity index is 2.18. The number of alkyl halides is 1. The molecule has 0 radical (unpaired) electrons. The molecule has 0 saturated carbocycles. The van der Waals surface area contributed by atoms with Crippen LogP contribution in [0.25, 0.3) is 27.9 Å². The van der Waals surface area contributed by atoms with E-state index >= 15 is 0 Å². The summed E-state index contributed by atoms with van der Waals surface area (Å²) < 4.78 is 10.5. The van der Waals surface area contributed by atoms with Gasteiger partial charge in [-0.15, -0.1) is 11.6 Å². The van der Waals surface area contributed by atoms with E-state index in [1.54, 1.807) is 12.3 Å². The molecule has 0 aliphatic rings. The summed E-state index contributed by atoms with van der Waals surface area (Å²) in [4.78, 5) is 8.90. The predicted octanol–water partition coefficient (Wildman–Crippen LogP) is 3.82. The van der Waals surface area contributed by atoms with Crippen molar-refractivity contribution in [2.45, 2.75) is 5.88 Å². The van der Waals surface area contributed by atoms with E-state index in [4.69, 9.17) is 23.2 Å². The third-order valence-electron chi connectivity index (χ3n) is 3.18. The molecule has 3 aromatic heterocycles. The molecule has 0 N–H and O–H groups in total. The first-order valence-electron chi connectivity index (χ1n) is 6.09. The minimum atomic E-state index is 0.251. The standard InChI is InChI=1S/C13H7Cl2N5S/c14-6-10-17-9-2-1-5-16-13(9)20(10)12-7(15)3-4-8-11(12)19-21-18-8/h1-5H,6H2. The third kappa shape index (κ3) is 1.91. The highest BCUT2D eigenvalue weighted by atomic mass is 35.5. The Hall–Kier alpha value is -1.76. The first kappa shape index (κ1) is 12.9. The summed E-state index contributed by atoms with van der Waals surface area (Å²) in [6.45, 7) is 0. The van der Waals surface area contributed by atoms with Gasteiger partial charge in [-0.2, -0.15) is 8.75 Å². The van der Waals surface area contributed by atoms with Crippen LogP contribution in [0.5, 0.6) is 0 Å². The molecule has 1 aromatic carbocycles. The van der Waals surface area contributed by atoms with Crippen LogP contribution >= 0.6 is 34.9 Å². The Morgan fingerprint density at radius 1 is 1.14 bits per heavy atom. The van der Waals surface area contributed by atoms with Gasteiger partial charge in [0.2, 0.25) is 0 Å². The molecule has 8 heteroatoms. The lowest BCUT2D eigenvalue weighted by atomic mass is 10.2. The molecule has 0 aliphatic heterocycles. The lowest BCUT2D eigenvalue weighted by Gasteiger charge is -2.09. The zero-order chi connectivity index (χ0) is 14.4. The number of halogens is 2. The van der Waals surface area contributed by atoms with Crippen LogP contribution in [0.3, 0.4) is 0 Å². The first-order chi connectivity index (χ1) is 10.3. The fraction of sp³-hybridized carbons (Fsp3) is 0.0769. The Kier molecular flexibility index (Phi) is 3.02. The van der Waals surface area contributed by atoms with Gasteiger partial charge in [0.15, 0.2) is 5.65 Å². The summed E-state index contributed by atoms with van der Waals surface area (Å²) in [6.07, 6.45) is 1.71. The van der Waals surface area contributed by atoms with E-state index in [1.807, 2.05) is 22.8 Å². The summed E-state index contributed by atoms with van der Waals surface area (Å²) >= 11 is 13.6. The highest BCUT2D eigenvalue weighted by molar-refractivity contribution is 7.00. The minimum absolute atomic E-state index is 0.251. The molecule has 0 atom stereocenters. The Bertz CT molecular complexity index is 962. The summed E-state index contributed by atoms with van der Waals surface area (Å²) in [6, 6.07) is 7.37. The smallest absolute Gasteiger partial charge is 0.164 e. The maximum atomic E-state index is 6.40. The van der Waals surface area contributed by atoms with Gasteiger partial charge < -0.3 is 0 Å². The van der Waals surface area contributed by atoms with Crippen LogP contribution in [-0.4, -0.2) is 23.3 Å². The molecule has 0 amide bonds. The maximum absolute atomic E-state index is 6.40. The van der Waals surface area contributed by atoms with Crippen molar-refractivity contribution in [3.63, 3.8) is 0 Å². The SMILES string of the molecule is ClCc1nc2cccnc2n1-c1c(Cl)ccc2nsnc12. The number of imidazole rings is 1. The molecule has 0 fully saturated rings. The molecular formula is C13H7Cl2N5S. The van der Waals surface area contributed by atoms with Gasteiger partial charge in [-0.05, 0) is 24.3 Å². The average molecular weight is 336 g/mol. The van der Waals surface area contributed by atoms with E-state index in [0.29, 0.717) is 16.5 Å². The average Bonchev–Trinajstić information content (AvgIpc) is 3.11. The van der Waals surface area contributed by atoms with E-state index in [2.05, 4.69) is 18.7 Å². The van der Waals surface area contributed by atoms with Gasteiger partial charge in [0.1, 0.15) is 22.4 Å². The van der Waals surface area contributed by atoms with Crippen molar-refractivity contribution < 1.29 is 0 Å². The van der Waals surface area contributed by atoms with Crippen LogP contribution < -0.4 is 0 Å². The maximum Gasteiger partial charge on any atom is 0.164 e. The molecule has 3 heterocycles. The summed E-state index contributed by atoms with van der Waals surface area (Å²) in [7, 11) is 0. The van der Waals surface area contributed by atoms with Gasteiger partial charge in [-0.1, -0.05) is 11.6 Å². The van der Waals surface area contributed by atoms with Crippen molar-refractivity contribution in [1.82, 2.24) is 23.3 Å². The molecule has 0 aliphatic carbocycles. The van der Waals surface area contributed by atoms with Gasteiger partial charge >= 0.3 is 0 Å². The van der Waals surface area contributed by atoms with Gasteiger partial charge in [0, 0.05) is 6.20 Å². The number of aromatic nitrogens is 5. The number of nitrogens with zero attached hydrogens (tertiary/aromatic N) is 5. The molecule has 0 unspecified atom stereocenters. The molecule has 4 aromatic rings. The number of hydrogen-bond donors (Lipinski definition) is 0. The van der Waals surface area contributed by atoms with Crippen molar-refractivity contribution in [2.24, 2.45) is 0 Å². The molecule has 0 bridgehead atoms. The fourth-order valence-electron chi connectivity index (χ4n) is 2.31. The minimum Gasteiger partial charge on any atom is -0.276 e. The molecular weight excluding hydrogens is 329 g/mol. The molecule has 0 saturated heterocycles. The highest BCUT2D eigenvalue weighted by Crippen LogP contribution is 2.32. The summed E-state index contributed by atoms with van der Waals surface area (Å²) in [5.74, 6) is 0.924. The third-order valence-corrected chi connectivity index (χ3v) is 4.27. The Labute approximate surface area is 133 Å². The highest BCUT2D eigenvalue weighted by Gasteiger charge is 2.19. The van der Waals surface area contributed by atoms with E-state index in [0.717, 1.165) is 34.0 Å². The molecule has 0 spiro atoms. The van der Waals surface area contributed by atoms with Crippen LogP contribution in [0, 0.1) is 0 Å². The predicted molar refractivity (Wildman–Crippen MR) is 84.4 cm³/mol. The van der Waals surface area contributed by atoms with Crippen LogP contribution in [0.4, 0.5) is 0 Å². The van der Waals surface area contributed by atoms with Gasteiger partial charge in [0.25, 0.3) is 0 Å². The van der Waals surface area contributed by atoms with Crippen molar-refractivity contribution in [1.29, 1.82) is 0 Å². The van der Waals surface area contributed by atoms with Crippen molar-refractivity contribution in [3.8, 4) is 5.69 Å². The number of pyridine rings is 1. The second kappa shape index (κ2) is 4.91. The van der Waals surface area contributed by atoms with Gasteiger partial charge in [0.05, 0.1) is 28.3 Å². The normalized spacial score (nSPS) is 11.5. The van der Waals surface area contributed by atoms with Gasteiger partial charge in [-0.25, -0.2) is 9.97 Å². The summed E-state index contributed by atoms with van der Waals surface area (Å²) in [5, 5.41) is 0.562. The molecule has 4 rings (SSSR count). The van der Waals surface area contributed by atoms with Crippen LogP contribution in [0.1, 0.15) is 5.82 Å². The zero-order valence-electron chi connectivity index (χ0n) is 10.5. The monoisotopic (exact) mass is 335 g/mol. The van der Waals surface area contributed by atoms with E-state index < -0.39 is 0 Å². The second-order valence-corrected chi connectivity index (χ2v) is 5.57. The number of rotatable bonds is 2. The molecule has 21 heavy (non-hydrogen) atoms. The lowest BCUT2D eigenvalue weighted by molar-refractivity contribution is 0.975. The molecule has 104 valence electrons. The van der Waals surface area contributed by atoms with E-state index in [9.17, 15) is 0 Å². The molecule has 5 nitrogen and oxygen atoms in total. The van der Waals surface area contributed by atoms with Crippen LogP contribution in [0.15, 0.2) is 30.5 Å². The van der Waals surface area contributed by atoms with Crippen molar-refractivity contribution in [2.75, 3.05) is 0 Å². The Morgan fingerprint density at radius 3 is 2.90 bits per heavy atom. The van der Waals surface area contributed by atoms with Crippen LogP contribution in [0.2, 0.25) is 5.02 Å². The zero-order valence-corrected chi connectivity index (χ0v) is 12.8. The topological polar surface area (TPSA) is 56.5 Å². The number of benzene rings is 1. The van der Waals surface area contributed by atoms with E-state index in [-0.39, 0.29) is 5.88 Å². The number of hydrogen-bond acceptors (Lipinski definition) is 5.